The van der Waals surface area contributed by atoms with Gasteiger partial charge in [-0.1, -0.05) is 31.4 Å². The summed E-state index contributed by atoms with van der Waals surface area (Å²) < 4.78 is 53.5. The minimum atomic E-state index is -3.53. The van der Waals surface area contributed by atoms with Gasteiger partial charge in [0.25, 0.3) is 5.91 Å². The molecule has 0 bridgehead atoms. The van der Waals surface area contributed by atoms with E-state index >= 15 is 0 Å². The van der Waals surface area contributed by atoms with Crippen LogP contribution in [0, 0.1) is 30.9 Å². The third kappa shape index (κ3) is 10.2. The van der Waals surface area contributed by atoms with E-state index in [4.69, 9.17) is 6.42 Å². The molecular weight excluding hydrogens is 628 g/mol. The van der Waals surface area contributed by atoms with Crippen LogP contribution in [0.25, 0.3) is 0 Å². The van der Waals surface area contributed by atoms with Crippen molar-refractivity contribution in [2.45, 2.75) is 76.1 Å². The first-order chi connectivity index (χ1) is 22.3. The van der Waals surface area contributed by atoms with Gasteiger partial charge in [0.1, 0.15) is 33.2 Å². The standard InChI is InChI=1S/C34H41F2N5O5S/c1-4-6-13-47(45,46)14-10-28(38-33(44)30-15-22(3)40-41-30)32(43)39-29(19-24-17-26(35)20-27(36)18-24)31(42)21-37-34(11-12-34)25-9-7-8-23(5-2)16-25/h2,7-9,15-18,20,28-29,31,37,42H,4,6,10-14,19,21H2,1,3H3,(H,38,44)(H,39,43)(H,40,41)/t28-,29+,31+/m1/s1. The van der Waals surface area contributed by atoms with Crippen LogP contribution < -0.4 is 16.0 Å². The van der Waals surface area contributed by atoms with E-state index < -0.39 is 57.0 Å². The Labute approximate surface area is 274 Å². The third-order valence-corrected chi connectivity index (χ3v) is 10.0. The molecule has 252 valence electrons. The van der Waals surface area contributed by atoms with Crippen molar-refractivity contribution in [1.29, 1.82) is 0 Å². The highest BCUT2D eigenvalue weighted by atomic mass is 32.2. The number of aliphatic hydroxyl groups is 1. The Balaban J connectivity index is 1.55. The Kier molecular flexibility index (Phi) is 11.9. The average molecular weight is 670 g/mol. The number of aromatic amines is 1. The van der Waals surface area contributed by atoms with Gasteiger partial charge in [0.2, 0.25) is 5.91 Å². The molecule has 0 saturated heterocycles. The second kappa shape index (κ2) is 15.6. The van der Waals surface area contributed by atoms with Crippen molar-refractivity contribution >= 4 is 21.7 Å². The summed E-state index contributed by atoms with van der Waals surface area (Å²) in [6, 6.07) is 9.53. The van der Waals surface area contributed by atoms with Gasteiger partial charge in [0.15, 0.2) is 0 Å². The van der Waals surface area contributed by atoms with Crippen molar-refractivity contribution in [2.24, 2.45) is 0 Å². The Hall–Kier alpha value is -4.12. The Morgan fingerprint density at radius 1 is 1.11 bits per heavy atom. The minimum Gasteiger partial charge on any atom is -0.390 e. The Morgan fingerprint density at radius 3 is 2.45 bits per heavy atom. The van der Waals surface area contributed by atoms with Gasteiger partial charge >= 0.3 is 0 Å². The van der Waals surface area contributed by atoms with Crippen LogP contribution in [0.2, 0.25) is 0 Å². The summed E-state index contributed by atoms with van der Waals surface area (Å²) >= 11 is 0. The fraction of sp³-hybridized carbons (Fsp3) is 0.441. The van der Waals surface area contributed by atoms with Crippen molar-refractivity contribution in [3.63, 3.8) is 0 Å². The molecule has 0 aliphatic heterocycles. The molecule has 1 fully saturated rings. The van der Waals surface area contributed by atoms with Crippen molar-refractivity contribution in [3.05, 3.63) is 88.2 Å². The number of rotatable bonds is 17. The van der Waals surface area contributed by atoms with Gasteiger partial charge in [-0.15, -0.1) is 6.42 Å². The predicted molar refractivity (Wildman–Crippen MR) is 174 cm³/mol. The normalized spacial score (nSPS) is 15.7. The highest BCUT2D eigenvalue weighted by Gasteiger charge is 2.44. The number of halogens is 2. The largest absolute Gasteiger partial charge is 0.390 e. The molecular formula is C34H41F2N5O5S. The van der Waals surface area contributed by atoms with Crippen LogP contribution in [0.1, 0.15) is 71.9 Å². The number of hydrogen-bond donors (Lipinski definition) is 5. The van der Waals surface area contributed by atoms with E-state index in [1.807, 2.05) is 31.2 Å². The number of aromatic nitrogens is 2. The number of sulfone groups is 1. The van der Waals surface area contributed by atoms with E-state index in [-0.39, 0.29) is 42.1 Å². The van der Waals surface area contributed by atoms with Crippen LogP contribution in [0.5, 0.6) is 0 Å². The number of hydrogen-bond acceptors (Lipinski definition) is 7. The number of nitrogens with zero attached hydrogens (tertiary/aromatic N) is 1. The zero-order valence-corrected chi connectivity index (χ0v) is 27.3. The molecule has 1 saturated carbocycles. The van der Waals surface area contributed by atoms with Gasteiger partial charge in [-0.05, 0) is 80.5 Å². The molecule has 0 spiro atoms. The van der Waals surface area contributed by atoms with Gasteiger partial charge in [0, 0.05) is 23.7 Å². The van der Waals surface area contributed by atoms with Crippen LogP contribution in [0.4, 0.5) is 8.78 Å². The van der Waals surface area contributed by atoms with Crippen molar-refractivity contribution in [3.8, 4) is 12.3 Å². The maximum absolute atomic E-state index is 14.1. The molecule has 1 aliphatic rings. The summed E-state index contributed by atoms with van der Waals surface area (Å²) in [5, 5.41) is 26.6. The molecule has 3 atom stereocenters. The topological polar surface area (TPSA) is 153 Å². The number of aliphatic hydroxyl groups excluding tert-OH is 1. The maximum atomic E-state index is 14.1. The first-order valence-electron chi connectivity index (χ1n) is 15.6. The Morgan fingerprint density at radius 2 is 1.83 bits per heavy atom. The third-order valence-electron chi connectivity index (χ3n) is 8.25. The molecule has 1 aliphatic carbocycles. The average Bonchev–Trinajstić information content (AvgIpc) is 3.71. The molecule has 2 amide bonds. The van der Waals surface area contributed by atoms with E-state index in [1.54, 1.807) is 6.92 Å². The second-order valence-corrected chi connectivity index (χ2v) is 14.4. The van der Waals surface area contributed by atoms with Crippen LogP contribution in [0.15, 0.2) is 48.5 Å². The number of amides is 2. The number of aryl methyl sites for hydroxylation is 1. The summed E-state index contributed by atoms with van der Waals surface area (Å²) in [5.74, 6) is -0.882. The molecule has 1 aromatic heterocycles. The van der Waals surface area contributed by atoms with Crippen molar-refractivity contribution < 1.29 is 31.9 Å². The van der Waals surface area contributed by atoms with Gasteiger partial charge in [0.05, 0.1) is 29.3 Å². The molecule has 4 rings (SSSR count). The van der Waals surface area contributed by atoms with Crippen LogP contribution in [-0.2, 0) is 26.6 Å². The molecule has 0 unspecified atom stereocenters. The molecule has 0 radical (unpaired) electrons. The van der Waals surface area contributed by atoms with Crippen LogP contribution in [-0.4, -0.2) is 71.8 Å². The maximum Gasteiger partial charge on any atom is 0.269 e. The molecule has 47 heavy (non-hydrogen) atoms. The van der Waals surface area contributed by atoms with Gasteiger partial charge in [-0.2, -0.15) is 5.10 Å². The molecule has 13 heteroatoms. The van der Waals surface area contributed by atoms with Crippen molar-refractivity contribution in [2.75, 3.05) is 18.1 Å². The van der Waals surface area contributed by atoms with E-state index in [0.717, 1.165) is 36.6 Å². The predicted octanol–water partition coefficient (Wildman–Crippen LogP) is 3.05. The number of benzene rings is 2. The number of carbonyl (C=O) groups excluding carboxylic acids is 2. The number of unbranched alkanes of at least 4 members (excludes halogenated alkanes) is 1. The Bertz CT molecular complexity index is 1700. The quantitative estimate of drug-likeness (QED) is 0.139. The number of terminal acetylenes is 1. The molecule has 2 aromatic carbocycles. The van der Waals surface area contributed by atoms with Gasteiger partial charge in [-0.25, -0.2) is 17.2 Å². The van der Waals surface area contributed by atoms with Crippen molar-refractivity contribution in [1.82, 2.24) is 26.1 Å². The van der Waals surface area contributed by atoms with Gasteiger partial charge in [-0.3, -0.25) is 14.7 Å². The summed E-state index contributed by atoms with van der Waals surface area (Å²) in [5.41, 5.74) is 2.03. The summed E-state index contributed by atoms with van der Waals surface area (Å²) in [4.78, 5) is 26.7. The zero-order chi connectivity index (χ0) is 34.2. The highest BCUT2D eigenvalue weighted by Crippen LogP contribution is 2.45. The first-order valence-corrected chi connectivity index (χ1v) is 17.4. The highest BCUT2D eigenvalue weighted by molar-refractivity contribution is 7.91. The van der Waals surface area contributed by atoms with Gasteiger partial charge < -0.3 is 21.1 Å². The fourth-order valence-corrected chi connectivity index (χ4v) is 6.92. The summed E-state index contributed by atoms with van der Waals surface area (Å²) in [6.45, 7) is 3.53. The lowest BCUT2D eigenvalue weighted by molar-refractivity contribution is -0.124. The lowest BCUT2D eigenvalue weighted by Gasteiger charge is -2.29. The number of nitrogens with one attached hydrogen (secondary N) is 4. The van der Waals surface area contributed by atoms with E-state index in [2.05, 4.69) is 32.1 Å². The monoisotopic (exact) mass is 669 g/mol. The van der Waals surface area contributed by atoms with E-state index in [1.165, 1.54) is 6.07 Å². The van der Waals surface area contributed by atoms with E-state index in [0.29, 0.717) is 24.1 Å². The molecule has 10 nitrogen and oxygen atoms in total. The summed E-state index contributed by atoms with van der Waals surface area (Å²) in [6.07, 6.45) is 6.63. The lowest BCUT2D eigenvalue weighted by atomic mass is 9.98. The molecule has 5 N–H and O–H groups in total. The number of H-pyrrole nitrogens is 1. The van der Waals surface area contributed by atoms with Crippen LogP contribution in [0.3, 0.4) is 0 Å². The first kappa shape index (κ1) is 35.7. The molecule has 3 aromatic rings. The molecule has 1 heterocycles. The van der Waals surface area contributed by atoms with E-state index in [9.17, 15) is 31.9 Å². The SMILES string of the molecule is C#Cc1cccc(C2(NC[C@H](O)[C@H](Cc3cc(F)cc(F)c3)NC(=O)[C@@H](CCS(=O)(=O)CCCC)NC(=O)c3cc(C)n[nH]3)CC2)c1. The number of carbonyl (C=O) groups is 2. The van der Waals surface area contributed by atoms with Crippen LogP contribution >= 0.6 is 0 Å². The zero-order valence-electron chi connectivity index (χ0n) is 26.5. The fourth-order valence-electron chi connectivity index (χ4n) is 5.40. The smallest absolute Gasteiger partial charge is 0.269 e. The minimum absolute atomic E-state index is 0.00112. The second-order valence-electron chi connectivity index (χ2n) is 12.1. The summed E-state index contributed by atoms with van der Waals surface area (Å²) in [7, 11) is -3.53. The lowest BCUT2D eigenvalue weighted by Crippen LogP contribution is -2.55.